The van der Waals surface area contributed by atoms with E-state index in [1.165, 1.54) is 0 Å². The van der Waals surface area contributed by atoms with E-state index in [0.29, 0.717) is 12.8 Å². The van der Waals surface area contributed by atoms with Crippen LogP contribution in [-0.4, -0.2) is 157 Å². The summed E-state index contributed by atoms with van der Waals surface area (Å²) in [4.78, 5) is 137. The Morgan fingerprint density at radius 1 is 0.506 bits per heavy atom. The van der Waals surface area contributed by atoms with Gasteiger partial charge in [-0.15, -0.1) is 0 Å². The quantitative estimate of drug-likeness (QED) is 0.0279. The van der Waals surface area contributed by atoms with Crippen molar-refractivity contribution in [3.8, 4) is 0 Å². The first-order valence-corrected chi connectivity index (χ1v) is 22.3. The SMILES string of the molecule is CCOC(=O)NCCCCC(NC(=O)OCC)C(=O)NC(CC(=O)NCCNC(=O)CCN1C(=O)CC(SF)C1=O)CC(=O)NCCNC(=O)CCN1C(=O)CC(SF)C1=O.FF.FF.FF.FF.FF.FF.FF.FF. The molecule has 0 saturated carbocycles. The van der Waals surface area contributed by atoms with E-state index in [9.17, 15) is 60.5 Å². The number of amides is 11. The van der Waals surface area contributed by atoms with Gasteiger partial charge in [0.25, 0.3) is 0 Å². The third-order valence-corrected chi connectivity index (χ3v) is 10.0. The summed E-state index contributed by atoms with van der Waals surface area (Å²) in [7, 11) is 0. The van der Waals surface area contributed by atoms with Crippen LogP contribution >= 0.6 is 24.3 Å². The first-order chi connectivity index (χ1) is 37.1. The van der Waals surface area contributed by atoms with Crippen molar-refractivity contribution < 1.29 is 143 Å². The molecular weight excluding hydrogens is 1160 g/mol. The second-order valence-electron chi connectivity index (χ2n) is 13.4. The zero-order chi connectivity index (χ0) is 61.3. The highest BCUT2D eigenvalue weighted by molar-refractivity contribution is 7.96. The third kappa shape index (κ3) is 41.5. The molecule has 11 amide bonds. The van der Waals surface area contributed by atoms with Crippen molar-refractivity contribution >= 4 is 89.6 Å². The first-order valence-electron chi connectivity index (χ1n) is 20.7. The van der Waals surface area contributed by atoms with Gasteiger partial charge in [0.2, 0.25) is 53.2 Å². The van der Waals surface area contributed by atoms with E-state index in [4.69, 9.17) is 82.7 Å². The molecule has 42 heteroatoms. The average Bonchev–Trinajstić information content (AvgIpc) is 3.90. The predicted molar refractivity (Wildman–Crippen MR) is 231 cm³/mol. The van der Waals surface area contributed by atoms with Crippen LogP contribution in [0.3, 0.4) is 0 Å². The van der Waals surface area contributed by atoms with Crippen molar-refractivity contribution in [1.29, 1.82) is 0 Å². The van der Waals surface area contributed by atoms with Gasteiger partial charge >= 0.3 is 12.2 Å². The molecular formula is C35H53F18N9O13S2. The van der Waals surface area contributed by atoms with Crippen molar-refractivity contribution in [2.45, 2.75) is 94.2 Å². The second-order valence-corrected chi connectivity index (χ2v) is 14.9. The molecule has 2 aliphatic rings. The Hall–Kier alpha value is -6.39. The Morgan fingerprint density at radius 2 is 0.857 bits per heavy atom. The maximum Gasteiger partial charge on any atom is 0.407 e. The normalized spacial score (nSPS) is 14.1. The zero-order valence-electron chi connectivity index (χ0n) is 39.9. The maximum atomic E-state index is 13.5. The van der Waals surface area contributed by atoms with Crippen LogP contribution in [0.15, 0.2) is 0 Å². The average molecular weight is 1210 g/mol. The summed E-state index contributed by atoms with van der Waals surface area (Å²) >= 11 is -0.479. The summed E-state index contributed by atoms with van der Waals surface area (Å²) in [5.74, 6) is -5.77. The van der Waals surface area contributed by atoms with Crippen LogP contribution in [-0.2, 0) is 52.6 Å². The lowest BCUT2D eigenvalue weighted by Crippen LogP contribution is -2.51. The summed E-state index contributed by atoms with van der Waals surface area (Å²) in [5.41, 5.74) is 0. The molecule has 454 valence electrons. The molecule has 2 aliphatic heterocycles. The van der Waals surface area contributed by atoms with Crippen molar-refractivity contribution in [3.63, 3.8) is 0 Å². The van der Waals surface area contributed by atoms with Crippen LogP contribution in [0.2, 0.25) is 0 Å². The number of hydrogen-bond donors (Lipinski definition) is 7. The molecule has 0 aromatic carbocycles. The lowest BCUT2D eigenvalue weighted by Gasteiger charge is -2.23. The summed E-state index contributed by atoms with van der Waals surface area (Å²) in [5, 5.41) is 15.4. The van der Waals surface area contributed by atoms with Crippen LogP contribution in [0, 0.1) is 0 Å². The number of halogens is 18. The molecule has 2 heterocycles. The molecule has 3 unspecified atom stereocenters. The van der Waals surface area contributed by atoms with E-state index >= 15 is 0 Å². The zero-order valence-corrected chi connectivity index (χ0v) is 41.5. The number of rotatable bonds is 28. The predicted octanol–water partition coefficient (Wildman–Crippen LogP) is 5.74. The number of ether oxygens (including phenoxy) is 2. The highest BCUT2D eigenvalue weighted by atomic mass is 32.2. The van der Waals surface area contributed by atoms with Crippen LogP contribution < -0.4 is 37.2 Å². The number of alkyl carbamates (subject to hydrolysis) is 2. The van der Waals surface area contributed by atoms with Gasteiger partial charge in [-0.1, -0.05) is 0 Å². The number of likely N-dealkylation sites (tertiary alicyclic amines) is 2. The number of nitrogens with zero attached hydrogens (tertiary/aromatic N) is 2. The van der Waals surface area contributed by atoms with Gasteiger partial charge in [0.05, 0.1) is 50.4 Å². The highest BCUT2D eigenvalue weighted by Crippen LogP contribution is 2.26. The van der Waals surface area contributed by atoms with Crippen LogP contribution in [0.25, 0.3) is 0 Å². The van der Waals surface area contributed by atoms with Crippen molar-refractivity contribution in [2.24, 2.45) is 0 Å². The monoisotopic (exact) mass is 1210 g/mol. The van der Waals surface area contributed by atoms with Crippen molar-refractivity contribution in [3.05, 3.63) is 0 Å². The Morgan fingerprint density at radius 3 is 1.19 bits per heavy atom. The number of imide groups is 2. The first kappa shape index (κ1) is 84.6. The number of unbranched alkanes of at least 4 members (excludes halogenated alkanes) is 1. The minimum absolute atomic E-state index is 0.00331. The molecule has 3 atom stereocenters. The highest BCUT2D eigenvalue weighted by Gasteiger charge is 2.40. The van der Waals surface area contributed by atoms with Gasteiger partial charge in [0.15, 0.2) is 0 Å². The van der Waals surface area contributed by atoms with Crippen molar-refractivity contribution in [1.82, 2.24) is 47.0 Å². The number of carbonyl (C=O) groups is 11. The smallest absolute Gasteiger partial charge is 0.407 e. The molecule has 2 saturated heterocycles. The lowest BCUT2D eigenvalue weighted by atomic mass is 10.1. The van der Waals surface area contributed by atoms with E-state index in [2.05, 4.69) is 37.2 Å². The van der Waals surface area contributed by atoms with Gasteiger partial charge in [-0.2, -0.15) is 7.77 Å². The van der Waals surface area contributed by atoms with Gasteiger partial charge in [-0.05, 0) is 33.1 Å². The Kier molecular flexibility index (Phi) is 66.4. The minimum Gasteiger partial charge on any atom is -0.450 e. The summed E-state index contributed by atoms with van der Waals surface area (Å²) in [6, 6.07) is -2.32. The number of carbonyl (C=O) groups excluding carboxylic acids is 11. The molecule has 7 N–H and O–H groups in total. The van der Waals surface area contributed by atoms with Crippen LogP contribution in [0.1, 0.15) is 71.6 Å². The lowest BCUT2D eigenvalue weighted by molar-refractivity contribution is -0.140. The molecule has 0 bridgehead atoms. The fraction of sp³-hybridized carbons (Fsp3) is 0.686. The summed E-state index contributed by atoms with van der Waals surface area (Å²) < 4.78 is 163. The molecule has 0 aliphatic carbocycles. The van der Waals surface area contributed by atoms with Gasteiger partial charge in [-0.25, -0.2) is 9.59 Å². The van der Waals surface area contributed by atoms with Crippen molar-refractivity contribution in [2.75, 3.05) is 59.0 Å². The molecule has 0 aromatic rings. The van der Waals surface area contributed by atoms with Gasteiger partial charge in [0, 0.05) is 151 Å². The molecule has 2 fully saturated rings. The Labute approximate surface area is 432 Å². The topological polar surface area (TPSA) is 297 Å². The molecule has 77 heavy (non-hydrogen) atoms. The van der Waals surface area contributed by atoms with E-state index in [0.717, 1.165) is 9.80 Å². The number of hydrogen-bond acceptors (Lipinski definition) is 15. The second kappa shape index (κ2) is 60.5. The van der Waals surface area contributed by atoms with Gasteiger partial charge in [0.1, 0.15) is 16.5 Å². The largest absolute Gasteiger partial charge is 0.450 e. The van der Waals surface area contributed by atoms with E-state index in [1.807, 2.05) is 0 Å². The fourth-order valence-electron chi connectivity index (χ4n) is 5.82. The van der Waals surface area contributed by atoms with Gasteiger partial charge in [-0.3, -0.25) is 53.0 Å². The summed E-state index contributed by atoms with van der Waals surface area (Å²) in [6.07, 6.45) is -2.70. The molecule has 0 radical (unpaired) electrons. The minimum atomic E-state index is -1.18. The van der Waals surface area contributed by atoms with E-state index in [1.54, 1.807) is 13.8 Å². The molecule has 22 nitrogen and oxygen atoms in total. The summed E-state index contributed by atoms with van der Waals surface area (Å²) in [6.45, 7) is 2.77. The Balaban J connectivity index is -0.000000557. The molecule has 0 aromatic heterocycles. The van der Waals surface area contributed by atoms with Crippen LogP contribution in [0.4, 0.5) is 90.5 Å². The molecule has 0 spiro atoms. The van der Waals surface area contributed by atoms with E-state index < -0.39 is 101 Å². The maximum absolute atomic E-state index is 13.5. The number of nitrogens with one attached hydrogen (secondary N) is 7. The van der Waals surface area contributed by atoms with E-state index in [-0.39, 0.29) is 115 Å². The third-order valence-electron chi connectivity index (χ3n) is 8.84. The Bertz CT molecular complexity index is 1570. The van der Waals surface area contributed by atoms with Gasteiger partial charge < -0.3 is 46.7 Å². The van der Waals surface area contributed by atoms with Crippen LogP contribution in [0.5, 0.6) is 0 Å². The molecule has 2 rings (SSSR count). The fourth-order valence-corrected chi connectivity index (χ4v) is 6.64. The standard InChI is InChI=1S/C35H53F2N9O13S2.8F2/c1-3-58-34(56)42-10-6-5-7-22(44-35(57)59-4-2)31(53)43-21(17-27(49)40-13-11-38-25(47)8-15-45-29(51)19-23(60-36)32(45)54)18-28(50)41-14-12-39-26(48)9-16-46-30(52)20-24(61-37)33(46)55;8*1-2/h21-24H,3-20H2,1-2H3,(H,38,47)(H,39,48)(H,40,49)(H,41,50)(H,42,56)(H,43,53)(H,44,57);;;;;;;;.